The lowest BCUT2D eigenvalue weighted by Crippen LogP contribution is -2.21. The zero-order valence-corrected chi connectivity index (χ0v) is 10.5. The molecule has 0 aliphatic rings. The monoisotopic (exact) mass is 267 g/mol. The molecular formula is C10H13N5O2S. The van der Waals surface area contributed by atoms with E-state index in [2.05, 4.69) is 9.82 Å². The van der Waals surface area contributed by atoms with E-state index in [1.165, 1.54) is 0 Å². The number of nitrogens with one attached hydrogen (secondary N) is 1. The van der Waals surface area contributed by atoms with E-state index in [0.29, 0.717) is 11.5 Å². The first kappa shape index (κ1) is 12.4. The largest absolute Gasteiger partial charge is 0.384 e. The average Bonchev–Trinajstić information content (AvgIpc) is 2.57. The molecule has 0 unspecified atom stereocenters. The molecule has 8 heteroatoms. The van der Waals surface area contributed by atoms with Gasteiger partial charge in [0.2, 0.25) is 0 Å². The molecule has 1 aromatic heterocycles. The van der Waals surface area contributed by atoms with Gasteiger partial charge in [-0.15, -0.1) is 0 Å². The van der Waals surface area contributed by atoms with Crippen LogP contribution in [0.2, 0.25) is 0 Å². The number of nitrogen functional groups attached to an aromatic ring is 1. The van der Waals surface area contributed by atoms with Crippen LogP contribution in [0.25, 0.3) is 5.69 Å². The highest BCUT2D eigenvalue weighted by Gasteiger charge is 2.05. The molecule has 18 heavy (non-hydrogen) atoms. The molecule has 0 aliphatic heterocycles. The summed E-state index contributed by atoms with van der Waals surface area (Å²) in [5, 5.41) is 9.08. The summed E-state index contributed by atoms with van der Waals surface area (Å²) in [6.07, 6.45) is 0. The molecule has 0 atom stereocenters. The molecule has 0 aliphatic carbocycles. The Morgan fingerprint density at radius 3 is 2.33 bits per heavy atom. The van der Waals surface area contributed by atoms with Gasteiger partial charge in [-0.25, -0.2) is 9.82 Å². The average molecular weight is 267 g/mol. The van der Waals surface area contributed by atoms with E-state index in [-0.39, 0.29) is 0 Å². The number of anilines is 2. The van der Waals surface area contributed by atoms with E-state index in [4.69, 9.17) is 10.9 Å². The SMILES string of the molecule is Cc1cc(N)n(-c2ccc(NS(N)(=O)=O)cc2)n1. The number of nitrogens with zero attached hydrogens (tertiary/aromatic N) is 2. The standard InChI is InChI=1S/C10H13N5O2S/c1-7-6-10(11)15(13-7)9-4-2-8(3-5-9)14-18(12,16)17/h2-6,14H,11H2,1H3,(H2,12,16,17). The van der Waals surface area contributed by atoms with Crippen molar-refractivity contribution < 1.29 is 8.42 Å². The number of benzene rings is 1. The van der Waals surface area contributed by atoms with E-state index in [0.717, 1.165) is 11.4 Å². The summed E-state index contributed by atoms with van der Waals surface area (Å²) < 4.78 is 25.4. The van der Waals surface area contributed by atoms with Crippen LogP contribution in [0.5, 0.6) is 0 Å². The Morgan fingerprint density at radius 1 is 1.28 bits per heavy atom. The van der Waals surface area contributed by atoms with Gasteiger partial charge < -0.3 is 5.73 Å². The number of hydrogen-bond acceptors (Lipinski definition) is 4. The van der Waals surface area contributed by atoms with Gasteiger partial charge in [0.25, 0.3) is 10.2 Å². The second-order valence-corrected chi connectivity index (χ2v) is 5.11. The lowest BCUT2D eigenvalue weighted by Gasteiger charge is -2.06. The predicted octanol–water partition coefficient (Wildman–Crippen LogP) is 0.378. The molecule has 0 bridgehead atoms. The summed E-state index contributed by atoms with van der Waals surface area (Å²) in [7, 11) is -3.76. The minimum Gasteiger partial charge on any atom is -0.384 e. The molecule has 0 saturated heterocycles. The number of nitrogens with two attached hydrogens (primary N) is 2. The molecule has 5 N–H and O–H groups in total. The fraction of sp³-hybridized carbons (Fsp3) is 0.100. The molecule has 2 rings (SSSR count). The van der Waals surface area contributed by atoms with Crippen LogP contribution in [-0.4, -0.2) is 18.2 Å². The molecule has 0 spiro atoms. The van der Waals surface area contributed by atoms with Gasteiger partial charge in [-0.3, -0.25) is 4.72 Å². The van der Waals surface area contributed by atoms with Crippen molar-refractivity contribution in [3.05, 3.63) is 36.0 Å². The van der Waals surface area contributed by atoms with Crippen molar-refractivity contribution in [1.82, 2.24) is 9.78 Å². The van der Waals surface area contributed by atoms with Crippen LogP contribution in [0.3, 0.4) is 0 Å². The Morgan fingerprint density at radius 2 is 1.89 bits per heavy atom. The molecule has 7 nitrogen and oxygen atoms in total. The van der Waals surface area contributed by atoms with Crippen molar-refractivity contribution in [1.29, 1.82) is 0 Å². The van der Waals surface area contributed by atoms with Crippen LogP contribution >= 0.6 is 0 Å². The quantitative estimate of drug-likeness (QED) is 0.745. The summed E-state index contributed by atoms with van der Waals surface area (Å²) in [6, 6.07) is 8.29. The Bertz CT molecular complexity index is 660. The zero-order valence-electron chi connectivity index (χ0n) is 9.66. The van der Waals surface area contributed by atoms with Gasteiger partial charge in [0, 0.05) is 11.8 Å². The maximum Gasteiger partial charge on any atom is 0.296 e. The van der Waals surface area contributed by atoms with Crippen LogP contribution in [0, 0.1) is 6.92 Å². The summed E-state index contributed by atoms with van der Waals surface area (Å²) >= 11 is 0. The smallest absolute Gasteiger partial charge is 0.296 e. The van der Waals surface area contributed by atoms with Crippen LogP contribution in [0.1, 0.15) is 5.69 Å². The number of hydrogen-bond donors (Lipinski definition) is 3. The van der Waals surface area contributed by atoms with Gasteiger partial charge in [0.15, 0.2) is 0 Å². The van der Waals surface area contributed by atoms with Crippen LogP contribution < -0.4 is 15.6 Å². The first-order valence-electron chi connectivity index (χ1n) is 5.08. The summed E-state index contributed by atoms with van der Waals surface area (Å²) in [4.78, 5) is 0. The maximum atomic E-state index is 10.8. The third-order valence-electron chi connectivity index (χ3n) is 2.23. The van der Waals surface area contributed by atoms with Gasteiger partial charge in [0.05, 0.1) is 11.4 Å². The van der Waals surface area contributed by atoms with Gasteiger partial charge in [-0.1, -0.05) is 0 Å². The third kappa shape index (κ3) is 2.79. The Labute approximate surface area is 105 Å². The van der Waals surface area contributed by atoms with Crippen molar-refractivity contribution in [2.75, 3.05) is 10.5 Å². The first-order valence-corrected chi connectivity index (χ1v) is 6.63. The molecule has 96 valence electrons. The lowest BCUT2D eigenvalue weighted by molar-refractivity contribution is 0.603. The topological polar surface area (TPSA) is 116 Å². The number of aromatic nitrogens is 2. The normalized spacial score (nSPS) is 11.4. The zero-order chi connectivity index (χ0) is 13.3. The van der Waals surface area contributed by atoms with E-state index in [9.17, 15) is 8.42 Å². The van der Waals surface area contributed by atoms with Crippen LogP contribution in [0.4, 0.5) is 11.5 Å². The van der Waals surface area contributed by atoms with Crippen molar-refractivity contribution in [3.63, 3.8) is 0 Å². The van der Waals surface area contributed by atoms with E-state index in [1.54, 1.807) is 35.0 Å². The molecular weight excluding hydrogens is 254 g/mol. The fourth-order valence-corrected chi connectivity index (χ4v) is 2.03. The fourth-order valence-electron chi connectivity index (χ4n) is 1.56. The van der Waals surface area contributed by atoms with E-state index < -0.39 is 10.2 Å². The minimum absolute atomic E-state index is 0.378. The van der Waals surface area contributed by atoms with Gasteiger partial charge in [0.1, 0.15) is 5.82 Å². The summed E-state index contributed by atoms with van der Waals surface area (Å²) in [5.41, 5.74) is 7.70. The van der Waals surface area contributed by atoms with E-state index >= 15 is 0 Å². The van der Waals surface area contributed by atoms with Crippen molar-refractivity contribution in [3.8, 4) is 5.69 Å². The molecule has 0 saturated carbocycles. The van der Waals surface area contributed by atoms with Gasteiger partial charge in [-0.05, 0) is 31.2 Å². The Balaban J connectivity index is 2.30. The summed E-state index contributed by atoms with van der Waals surface area (Å²) in [6.45, 7) is 1.84. The van der Waals surface area contributed by atoms with Crippen molar-refractivity contribution >= 4 is 21.7 Å². The van der Waals surface area contributed by atoms with Crippen molar-refractivity contribution in [2.45, 2.75) is 6.92 Å². The highest BCUT2D eigenvalue weighted by molar-refractivity contribution is 7.90. The lowest BCUT2D eigenvalue weighted by atomic mass is 10.3. The predicted molar refractivity (Wildman–Crippen MR) is 69.4 cm³/mol. The van der Waals surface area contributed by atoms with E-state index in [1.807, 2.05) is 6.92 Å². The van der Waals surface area contributed by atoms with Gasteiger partial charge >= 0.3 is 0 Å². The molecule has 0 radical (unpaired) electrons. The number of aryl methyl sites for hydroxylation is 1. The number of rotatable bonds is 3. The first-order chi connectivity index (χ1) is 8.35. The van der Waals surface area contributed by atoms with Crippen LogP contribution in [0.15, 0.2) is 30.3 Å². The summed E-state index contributed by atoms with van der Waals surface area (Å²) in [5.74, 6) is 0.514. The van der Waals surface area contributed by atoms with Gasteiger partial charge in [-0.2, -0.15) is 13.5 Å². The Hall–Kier alpha value is -2.06. The second-order valence-electron chi connectivity index (χ2n) is 3.82. The molecule has 0 fully saturated rings. The molecule has 1 heterocycles. The molecule has 2 aromatic rings. The molecule has 1 aromatic carbocycles. The maximum absolute atomic E-state index is 10.8. The second kappa shape index (κ2) is 4.31. The molecule has 0 amide bonds. The van der Waals surface area contributed by atoms with Crippen molar-refractivity contribution in [2.24, 2.45) is 5.14 Å². The Kier molecular flexibility index (Phi) is 2.97. The third-order valence-corrected chi connectivity index (χ3v) is 2.75. The van der Waals surface area contributed by atoms with Crippen LogP contribution in [-0.2, 0) is 10.2 Å². The highest BCUT2D eigenvalue weighted by atomic mass is 32.2. The highest BCUT2D eigenvalue weighted by Crippen LogP contribution is 2.17. The minimum atomic E-state index is -3.76.